The molecule has 1 aromatic heterocycles. The summed E-state index contributed by atoms with van der Waals surface area (Å²) in [6, 6.07) is 83.5. The van der Waals surface area contributed by atoms with Crippen LogP contribution in [0.2, 0.25) is 0 Å². The van der Waals surface area contributed by atoms with Crippen LogP contribution in [-0.4, -0.2) is 15.7 Å². The zero-order chi connectivity index (χ0) is 49.4. The Bertz CT molecular complexity index is 3850. The molecule has 4 aliphatic carbocycles. The van der Waals surface area contributed by atoms with Gasteiger partial charge in [-0.05, 0) is 121 Å². The van der Waals surface area contributed by atoms with Crippen molar-refractivity contribution in [3.8, 4) is 56.2 Å². The molecule has 0 amide bonds. The van der Waals surface area contributed by atoms with E-state index in [4.69, 9.17) is 9.97 Å². The van der Waals surface area contributed by atoms with Crippen molar-refractivity contribution in [3.05, 3.63) is 316 Å². The highest BCUT2D eigenvalue weighted by molar-refractivity contribution is 6.07. The molecule has 0 saturated heterocycles. The summed E-state index contributed by atoms with van der Waals surface area (Å²) in [5.74, 6) is 0.938. The van der Waals surface area contributed by atoms with E-state index in [0.29, 0.717) is 11.5 Å². The minimum absolute atomic E-state index is 0.261. The number of nitrogens with one attached hydrogen (secondary N) is 2. The van der Waals surface area contributed by atoms with E-state index < -0.39 is 10.8 Å². The summed E-state index contributed by atoms with van der Waals surface area (Å²) >= 11 is 0. The molecule has 10 aromatic rings. The van der Waals surface area contributed by atoms with Gasteiger partial charge in [0, 0.05) is 28.1 Å². The van der Waals surface area contributed by atoms with E-state index in [1.54, 1.807) is 0 Å². The largest absolute Gasteiger partial charge is 0.355 e. The minimum Gasteiger partial charge on any atom is -0.355 e. The van der Waals surface area contributed by atoms with Crippen LogP contribution >= 0.6 is 0 Å². The maximum atomic E-state index is 9.40. The molecule has 2 spiro atoms. The predicted molar refractivity (Wildman–Crippen MR) is 302 cm³/mol. The Labute approximate surface area is 432 Å². The molecule has 350 valence electrons. The Balaban J connectivity index is 1.07. The Hall–Kier alpha value is -9.25. The van der Waals surface area contributed by atoms with Crippen molar-refractivity contribution in [2.45, 2.75) is 24.2 Å². The summed E-state index contributed by atoms with van der Waals surface area (Å²) in [5.41, 5.74) is 22.6. The number of anilines is 1. The molecule has 1 heterocycles. The van der Waals surface area contributed by atoms with Crippen LogP contribution in [0.3, 0.4) is 0 Å². The highest BCUT2D eigenvalue weighted by Crippen LogP contribution is 2.68. The lowest BCUT2D eigenvalue weighted by molar-refractivity contribution is 0.633. The Kier molecular flexibility index (Phi) is 10.1. The number of nitrogens with zero attached hydrogens (tertiary/aromatic N) is 2. The first-order chi connectivity index (χ1) is 36.5. The van der Waals surface area contributed by atoms with Gasteiger partial charge in [0.2, 0.25) is 0 Å². The fourth-order valence-electron chi connectivity index (χ4n) is 12.9. The number of aromatic nitrogens is 2. The molecule has 1 unspecified atom stereocenters. The van der Waals surface area contributed by atoms with E-state index in [2.05, 4.69) is 231 Å². The molecule has 0 radical (unpaired) electrons. The van der Waals surface area contributed by atoms with Gasteiger partial charge in [0.1, 0.15) is 0 Å². The standard InChI is InChI=1S/C70H50N4/c1-45-21-11-12-28-51(45)67(43-64(71)46-22-5-2-6-23-46)72-50-38-40-61-63(42-50)70(58-35-19-15-31-54(58)55-32-16-20-36-59(55)70)60-39-37-49(41-62(60)69(61)56-33-17-13-29-52(56)53-30-14-18-34-57(53)69)68-73-65(47-24-7-3-8-25-47)44-66(74-68)48-26-9-4-10-27-48/h2-20,22-45,71-72H,21H2,1H3/b67-43-,71-64?. The smallest absolute Gasteiger partial charge is 0.160 e. The lowest BCUT2D eigenvalue weighted by atomic mass is 9.52. The Morgan fingerprint density at radius 1 is 0.473 bits per heavy atom. The Morgan fingerprint density at radius 2 is 0.932 bits per heavy atom. The van der Waals surface area contributed by atoms with Crippen LogP contribution in [0.25, 0.3) is 56.2 Å². The summed E-state index contributed by atoms with van der Waals surface area (Å²) < 4.78 is 0. The van der Waals surface area contributed by atoms with Gasteiger partial charge in [0.05, 0.1) is 27.9 Å². The highest BCUT2D eigenvalue weighted by Gasteiger charge is 2.59. The van der Waals surface area contributed by atoms with E-state index in [1.165, 1.54) is 72.3 Å². The first kappa shape index (κ1) is 43.5. The second-order valence-electron chi connectivity index (χ2n) is 20.0. The molecule has 0 fully saturated rings. The normalized spacial score (nSPS) is 15.8. The number of hydrogen-bond donors (Lipinski definition) is 2. The summed E-state index contributed by atoms with van der Waals surface area (Å²) in [5, 5.41) is 13.4. The van der Waals surface area contributed by atoms with Crippen molar-refractivity contribution < 1.29 is 0 Å². The third-order valence-corrected chi connectivity index (χ3v) is 16.1. The van der Waals surface area contributed by atoms with Crippen LogP contribution in [0.1, 0.15) is 63.4 Å². The van der Waals surface area contributed by atoms with Crippen molar-refractivity contribution in [2.75, 3.05) is 5.32 Å². The van der Waals surface area contributed by atoms with Gasteiger partial charge in [0.25, 0.3) is 0 Å². The topological polar surface area (TPSA) is 61.7 Å². The summed E-state index contributed by atoms with van der Waals surface area (Å²) in [4.78, 5) is 10.9. The fraction of sp³-hybridized carbons (Fsp3) is 0.0714. The maximum absolute atomic E-state index is 9.40. The molecule has 0 saturated carbocycles. The molecular formula is C70H50N4. The van der Waals surface area contributed by atoms with Gasteiger partial charge in [-0.2, -0.15) is 0 Å². The second kappa shape index (κ2) is 17.2. The second-order valence-corrected chi connectivity index (χ2v) is 20.0. The maximum Gasteiger partial charge on any atom is 0.160 e. The lowest BCUT2D eigenvalue weighted by Crippen LogP contribution is -2.44. The molecular weight excluding hydrogens is 897 g/mol. The molecule has 2 N–H and O–H groups in total. The molecule has 0 bridgehead atoms. The molecule has 4 nitrogen and oxygen atoms in total. The highest BCUT2D eigenvalue weighted by atomic mass is 14.9. The van der Waals surface area contributed by atoms with E-state index in [0.717, 1.165) is 51.4 Å². The van der Waals surface area contributed by atoms with Crippen molar-refractivity contribution in [3.63, 3.8) is 0 Å². The van der Waals surface area contributed by atoms with E-state index in [9.17, 15) is 5.41 Å². The number of fused-ring (bicyclic) bond motifs is 16. The predicted octanol–water partition coefficient (Wildman–Crippen LogP) is 16.4. The number of benzene rings is 9. The molecule has 74 heavy (non-hydrogen) atoms. The number of hydrogen-bond acceptors (Lipinski definition) is 4. The Morgan fingerprint density at radius 3 is 1.45 bits per heavy atom. The third kappa shape index (κ3) is 6.51. The zero-order valence-electron chi connectivity index (χ0n) is 40.9. The van der Waals surface area contributed by atoms with Crippen LogP contribution in [0.15, 0.2) is 266 Å². The van der Waals surface area contributed by atoms with Crippen LogP contribution in [-0.2, 0) is 10.8 Å². The first-order valence-electron chi connectivity index (χ1n) is 25.7. The van der Waals surface area contributed by atoms with Gasteiger partial charge < -0.3 is 10.7 Å². The first-order valence-corrected chi connectivity index (χ1v) is 25.7. The molecule has 4 heteroatoms. The van der Waals surface area contributed by atoms with Crippen molar-refractivity contribution in [2.24, 2.45) is 5.92 Å². The molecule has 14 rings (SSSR count). The van der Waals surface area contributed by atoms with Crippen molar-refractivity contribution >= 4 is 11.4 Å². The summed E-state index contributed by atoms with van der Waals surface area (Å²) in [7, 11) is 0. The van der Waals surface area contributed by atoms with Crippen molar-refractivity contribution in [1.82, 2.24) is 9.97 Å². The van der Waals surface area contributed by atoms with Gasteiger partial charge in [0.15, 0.2) is 5.82 Å². The number of rotatable bonds is 8. The molecule has 1 atom stereocenters. The molecule has 4 aliphatic rings. The molecule has 9 aromatic carbocycles. The number of allylic oxidation sites excluding steroid dienone is 5. The van der Waals surface area contributed by atoms with Crippen LogP contribution in [0.5, 0.6) is 0 Å². The van der Waals surface area contributed by atoms with Crippen LogP contribution in [0.4, 0.5) is 5.69 Å². The quantitative estimate of drug-likeness (QED) is 0.149. The van der Waals surface area contributed by atoms with Gasteiger partial charge in [-0.3, -0.25) is 0 Å². The zero-order valence-corrected chi connectivity index (χ0v) is 40.9. The van der Waals surface area contributed by atoms with Gasteiger partial charge >= 0.3 is 0 Å². The van der Waals surface area contributed by atoms with E-state index in [-0.39, 0.29) is 5.92 Å². The monoisotopic (exact) mass is 946 g/mol. The fourth-order valence-corrected chi connectivity index (χ4v) is 12.9. The summed E-state index contributed by atoms with van der Waals surface area (Å²) in [6.45, 7) is 2.28. The van der Waals surface area contributed by atoms with Gasteiger partial charge in [-0.15, -0.1) is 0 Å². The van der Waals surface area contributed by atoms with Crippen molar-refractivity contribution in [1.29, 1.82) is 5.41 Å². The van der Waals surface area contributed by atoms with Gasteiger partial charge in [-0.25, -0.2) is 9.97 Å². The van der Waals surface area contributed by atoms with E-state index >= 15 is 0 Å². The van der Waals surface area contributed by atoms with Crippen LogP contribution < -0.4 is 5.32 Å². The van der Waals surface area contributed by atoms with E-state index in [1.807, 2.05) is 36.4 Å². The SMILES string of the molecule is CC1CC=CC=C1/C(=C/C(=N)c1ccccc1)Nc1ccc2c(c1)C1(c3ccccc3-c3ccccc31)c1ccc(-c3nc(-c4ccccc4)cc(-c4ccccc4)n3)cc1C21c2ccccc2-c2ccccc21. The average Bonchev–Trinajstić information content (AvgIpc) is 4.15. The van der Waals surface area contributed by atoms with Gasteiger partial charge in [-0.1, -0.05) is 231 Å². The molecule has 0 aliphatic heterocycles. The minimum atomic E-state index is -0.733. The summed E-state index contributed by atoms with van der Waals surface area (Å²) in [6.07, 6.45) is 9.55. The lowest BCUT2D eigenvalue weighted by Gasteiger charge is -2.49. The van der Waals surface area contributed by atoms with Crippen LogP contribution in [0, 0.1) is 11.3 Å². The average molecular weight is 947 g/mol. The third-order valence-electron chi connectivity index (χ3n) is 16.1.